The topological polar surface area (TPSA) is 164 Å². The quantitative estimate of drug-likeness (QED) is 0.597. The van der Waals surface area contributed by atoms with E-state index in [9.17, 15) is 14.7 Å². The minimum atomic E-state index is -0.645. The molecule has 1 saturated heterocycles. The van der Waals surface area contributed by atoms with Gasteiger partial charge in [0.25, 0.3) is 0 Å². The highest BCUT2D eigenvalue weighted by molar-refractivity contribution is 5.93. The van der Waals surface area contributed by atoms with Gasteiger partial charge >= 0.3 is 5.97 Å². The maximum Gasteiger partial charge on any atom is 0.343 e. The molecular weight excluding hydrogens is 370 g/mol. The molecule has 11 heteroatoms. The standard InChI is InChI=1S/C17H23N5O4.2H2O/c1-4-26-16(25)13-10-20(3)15-12(14(13)24)9-18-17(19-15)22-7-5-21(6-8-22)11(2)23;;/h9-11,23H,4-8H2,1-3H3;2*1H2. The molecule has 0 aliphatic carbocycles. The Balaban J connectivity index is 0.00000196. The third kappa shape index (κ3) is 4.44. The van der Waals surface area contributed by atoms with Crippen molar-refractivity contribution >= 4 is 23.0 Å². The number of aryl methyl sites for hydroxylation is 1. The first-order chi connectivity index (χ1) is 12.4. The summed E-state index contributed by atoms with van der Waals surface area (Å²) >= 11 is 0. The molecule has 1 fully saturated rings. The monoisotopic (exact) mass is 397 g/mol. The van der Waals surface area contributed by atoms with E-state index in [0.29, 0.717) is 37.8 Å². The van der Waals surface area contributed by atoms with Crippen molar-refractivity contribution < 1.29 is 25.6 Å². The van der Waals surface area contributed by atoms with Crippen LogP contribution in [0.25, 0.3) is 11.0 Å². The van der Waals surface area contributed by atoms with Gasteiger partial charge < -0.3 is 30.3 Å². The molecule has 1 aliphatic heterocycles. The number of hydrogen-bond acceptors (Lipinski definition) is 8. The largest absolute Gasteiger partial charge is 0.462 e. The van der Waals surface area contributed by atoms with Gasteiger partial charge in [-0.3, -0.25) is 9.69 Å². The molecular formula is C17H27N5O6. The Morgan fingerprint density at radius 2 is 1.93 bits per heavy atom. The Bertz CT molecular complexity index is 876. The second kappa shape index (κ2) is 9.55. The van der Waals surface area contributed by atoms with Crippen molar-refractivity contribution in [2.75, 3.05) is 37.7 Å². The summed E-state index contributed by atoms with van der Waals surface area (Å²) in [7, 11) is 1.73. The summed E-state index contributed by atoms with van der Waals surface area (Å²) in [5.74, 6) is -0.116. The number of hydrogen-bond donors (Lipinski definition) is 1. The molecule has 1 atom stereocenters. The van der Waals surface area contributed by atoms with Crippen molar-refractivity contribution in [2.45, 2.75) is 20.1 Å². The van der Waals surface area contributed by atoms with Gasteiger partial charge in [0.15, 0.2) is 0 Å². The summed E-state index contributed by atoms with van der Waals surface area (Å²) in [5, 5.41) is 9.93. The van der Waals surface area contributed by atoms with Crippen LogP contribution in [-0.2, 0) is 11.8 Å². The average Bonchev–Trinajstić information content (AvgIpc) is 2.64. The fourth-order valence-corrected chi connectivity index (χ4v) is 3.05. The van der Waals surface area contributed by atoms with Crippen LogP contribution in [0.1, 0.15) is 24.2 Å². The Labute approximate surface area is 161 Å². The number of carbonyl (C=O) groups is 1. The summed E-state index contributed by atoms with van der Waals surface area (Å²) in [5.41, 5.74) is 0.0109. The van der Waals surface area contributed by atoms with E-state index in [1.54, 1.807) is 25.5 Å². The van der Waals surface area contributed by atoms with Crippen molar-refractivity contribution in [2.24, 2.45) is 7.05 Å². The van der Waals surface area contributed by atoms with E-state index in [0.717, 1.165) is 0 Å². The first kappa shape index (κ1) is 23.4. The van der Waals surface area contributed by atoms with Gasteiger partial charge in [-0.2, -0.15) is 4.98 Å². The van der Waals surface area contributed by atoms with Crippen molar-refractivity contribution in [1.82, 2.24) is 19.4 Å². The van der Waals surface area contributed by atoms with Gasteiger partial charge in [-0.25, -0.2) is 9.78 Å². The van der Waals surface area contributed by atoms with E-state index < -0.39 is 17.6 Å². The fraction of sp³-hybridized carbons (Fsp3) is 0.529. The molecule has 0 radical (unpaired) electrons. The van der Waals surface area contributed by atoms with Crippen LogP contribution in [0.15, 0.2) is 17.2 Å². The summed E-state index contributed by atoms with van der Waals surface area (Å²) in [6, 6.07) is 0. The second-order valence-electron chi connectivity index (χ2n) is 6.27. The number of piperazine rings is 1. The molecule has 1 aliphatic rings. The Morgan fingerprint density at radius 1 is 1.29 bits per heavy atom. The molecule has 0 spiro atoms. The third-order valence-corrected chi connectivity index (χ3v) is 4.52. The zero-order valence-electron chi connectivity index (χ0n) is 16.2. The third-order valence-electron chi connectivity index (χ3n) is 4.52. The number of ether oxygens (including phenoxy) is 1. The molecule has 0 amide bonds. The molecule has 28 heavy (non-hydrogen) atoms. The fourth-order valence-electron chi connectivity index (χ4n) is 3.05. The SMILES string of the molecule is CCOC(=O)c1cn(C)c2nc(N3CCN(C(C)O)CC3)ncc2c1=O.O.O. The smallest absolute Gasteiger partial charge is 0.343 e. The molecule has 3 rings (SSSR count). The molecule has 5 N–H and O–H groups in total. The Kier molecular flexibility index (Phi) is 8.00. The molecule has 2 aromatic rings. The first-order valence-corrected chi connectivity index (χ1v) is 8.63. The van der Waals surface area contributed by atoms with Crippen LogP contribution in [0.4, 0.5) is 5.95 Å². The molecule has 1 unspecified atom stereocenters. The van der Waals surface area contributed by atoms with E-state index in [4.69, 9.17) is 4.74 Å². The normalized spacial score (nSPS) is 15.5. The highest BCUT2D eigenvalue weighted by atomic mass is 16.5. The van der Waals surface area contributed by atoms with Gasteiger partial charge in [0.05, 0.1) is 12.0 Å². The number of aliphatic hydroxyl groups excluding tert-OH is 1. The number of fused-ring (bicyclic) bond motifs is 1. The minimum Gasteiger partial charge on any atom is -0.462 e. The highest BCUT2D eigenvalue weighted by Gasteiger charge is 2.23. The summed E-state index contributed by atoms with van der Waals surface area (Å²) in [6.07, 6.45) is 2.44. The van der Waals surface area contributed by atoms with Gasteiger partial charge in [-0.1, -0.05) is 0 Å². The highest BCUT2D eigenvalue weighted by Crippen LogP contribution is 2.16. The molecule has 0 bridgehead atoms. The number of esters is 1. The molecule has 156 valence electrons. The number of rotatable bonds is 4. The second-order valence-corrected chi connectivity index (χ2v) is 6.27. The first-order valence-electron chi connectivity index (χ1n) is 8.63. The van der Waals surface area contributed by atoms with Crippen LogP contribution in [-0.4, -0.2) is 80.5 Å². The number of pyridine rings is 1. The van der Waals surface area contributed by atoms with Gasteiger partial charge in [-0.15, -0.1) is 0 Å². The maximum atomic E-state index is 12.6. The number of aliphatic hydroxyl groups is 1. The summed E-state index contributed by atoms with van der Waals surface area (Å²) in [6.45, 7) is 6.43. The Morgan fingerprint density at radius 3 is 2.50 bits per heavy atom. The molecule has 11 nitrogen and oxygen atoms in total. The van der Waals surface area contributed by atoms with E-state index in [1.165, 1.54) is 12.4 Å². The average molecular weight is 397 g/mol. The van der Waals surface area contributed by atoms with Gasteiger partial charge in [0, 0.05) is 45.6 Å². The van der Waals surface area contributed by atoms with E-state index in [2.05, 4.69) is 9.97 Å². The van der Waals surface area contributed by atoms with Crippen LogP contribution in [0.2, 0.25) is 0 Å². The van der Waals surface area contributed by atoms with Crippen molar-refractivity contribution in [1.29, 1.82) is 0 Å². The minimum absolute atomic E-state index is 0. The van der Waals surface area contributed by atoms with Crippen LogP contribution >= 0.6 is 0 Å². The molecule has 2 aromatic heterocycles. The zero-order chi connectivity index (χ0) is 18.8. The van der Waals surface area contributed by atoms with Gasteiger partial charge in [0.1, 0.15) is 17.4 Å². The maximum absolute atomic E-state index is 12.6. The van der Waals surface area contributed by atoms with Gasteiger partial charge in [0.2, 0.25) is 11.4 Å². The lowest BCUT2D eigenvalue weighted by Crippen LogP contribution is -2.50. The number of anilines is 1. The van der Waals surface area contributed by atoms with E-state index in [-0.39, 0.29) is 28.5 Å². The predicted octanol–water partition coefficient (Wildman–Crippen LogP) is -1.68. The van der Waals surface area contributed by atoms with E-state index in [1.807, 2.05) is 9.80 Å². The van der Waals surface area contributed by atoms with Gasteiger partial charge in [-0.05, 0) is 13.8 Å². The predicted molar refractivity (Wildman–Crippen MR) is 103 cm³/mol. The Hall–Kier alpha value is -2.60. The molecule has 0 saturated carbocycles. The molecule has 3 heterocycles. The van der Waals surface area contributed by atoms with Crippen LogP contribution in [0, 0.1) is 0 Å². The lowest BCUT2D eigenvalue weighted by molar-refractivity contribution is 0.0151. The van der Waals surface area contributed by atoms with Crippen molar-refractivity contribution in [3.8, 4) is 0 Å². The van der Waals surface area contributed by atoms with Crippen LogP contribution in [0.5, 0.6) is 0 Å². The van der Waals surface area contributed by atoms with Crippen LogP contribution in [0.3, 0.4) is 0 Å². The number of nitrogens with zero attached hydrogens (tertiary/aromatic N) is 5. The summed E-state index contributed by atoms with van der Waals surface area (Å²) in [4.78, 5) is 37.3. The lowest BCUT2D eigenvalue weighted by atomic mass is 10.2. The zero-order valence-corrected chi connectivity index (χ0v) is 16.2. The summed E-state index contributed by atoms with van der Waals surface area (Å²) < 4.78 is 6.57. The molecule has 0 aromatic carbocycles. The van der Waals surface area contributed by atoms with E-state index >= 15 is 0 Å². The number of aromatic nitrogens is 3. The van der Waals surface area contributed by atoms with Crippen molar-refractivity contribution in [3.05, 3.63) is 28.2 Å². The van der Waals surface area contributed by atoms with Crippen molar-refractivity contribution in [3.63, 3.8) is 0 Å². The lowest BCUT2D eigenvalue weighted by Gasteiger charge is -2.36. The number of carbonyl (C=O) groups excluding carboxylic acids is 1. The van der Waals surface area contributed by atoms with Crippen LogP contribution < -0.4 is 10.3 Å².